The van der Waals surface area contributed by atoms with Crippen molar-refractivity contribution in [1.82, 2.24) is 0 Å². The molecule has 1 aliphatic rings. The Kier molecular flexibility index (Phi) is 4.30. The summed E-state index contributed by atoms with van der Waals surface area (Å²) in [6.45, 7) is 0. The molecule has 1 unspecified atom stereocenters. The van der Waals surface area contributed by atoms with Crippen molar-refractivity contribution in [2.45, 2.75) is 36.7 Å². The number of fused-ring (bicyclic) bond motifs is 1. The highest BCUT2D eigenvalue weighted by Crippen LogP contribution is 2.32. The average molecular weight is 298 g/mol. The first-order valence-electron chi connectivity index (χ1n) is 7.27. The highest BCUT2D eigenvalue weighted by molar-refractivity contribution is 7.80. The van der Waals surface area contributed by atoms with E-state index >= 15 is 0 Å². The molecule has 0 saturated carbocycles. The summed E-state index contributed by atoms with van der Waals surface area (Å²) in [6.07, 6.45) is 3.29. The maximum absolute atomic E-state index is 12.1. The standard InChI is InChI=1S/C18H18O2S/c19-18(12-13-8-10-15(21)11-9-13)20-17-7-3-5-14-4-1-2-6-16(14)17/h1-2,4,6,8-11,17,21H,3,5,7,12H2. The van der Waals surface area contributed by atoms with Crippen molar-refractivity contribution in [3.05, 3.63) is 65.2 Å². The van der Waals surface area contributed by atoms with Crippen LogP contribution in [0.3, 0.4) is 0 Å². The van der Waals surface area contributed by atoms with E-state index in [2.05, 4.69) is 24.8 Å². The van der Waals surface area contributed by atoms with Gasteiger partial charge in [-0.25, -0.2) is 0 Å². The maximum atomic E-state index is 12.1. The molecular formula is C18H18O2S. The van der Waals surface area contributed by atoms with Crippen molar-refractivity contribution < 1.29 is 9.53 Å². The van der Waals surface area contributed by atoms with Gasteiger partial charge in [0.1, 0.15) is 6.10 Å². The van der Waals surface area contributed by atoms with Crippen LogP contribution in [0.4, 0.5) is 0 Å². The summed E-state index contributed by atoms with van der Waals surface area (Å²) in [4.78, 5) is 13.0. The monoisotopic (exact) mass is 298 g/mol. The normalized spacial score (nSPS) is 17.1. The summed E-state index contributed by atoms with van der Waals surface area (Å²) in [5.74, 6) is -0.163. The lowest BCUT2D eigenvalue weighted by Crippen LogP contribution is -2.18. The van der Waals surface area contributed by atoms with E-state index in [-0.39, 0.29) is 12.1 Å². The first-order chi connectivity index (χ1) is 10.2. The fourth-order valence-corrected chi connectivity index (χ4v) is 2.96. The molecule has 0 heterocycles. The summed E-state index contributed by atoms with van der Waals surface area (Å²) in [5, 5.41) is 0. The van der Waals surface area contributed by atoms with Crippen LogP contribution in [0.15, 0.2) is 53.4 Å². The number of rotatable bonds is 3. The second kappa shape index (κ2) is 6.35. The summed E-state index contributed by atoms with van der Waals surface area (Å²) < 4.78 is 5.69. The van der Waals surface area contributed by atoms with Crippen molar-refractivity contribution in [1.29, 1.82) is 0 Å². The van der Waals surface area contributed by atoms with Crippen LogP contribution < -0.4 is 0 Å². The third-order valence-electron chi connectivity index (χ3n) is 3.87. The molecule has 108 valence electrons. The van der Waals surface area contributed by atoms with Gasteiger partial charge in [-0.3, -0.25) is 4.79 Å². The Balaban J connectivity index is 1.67. The number of thiol groups is 1. The predicted molar refractivity (Wildman–Crippen MR) is 85.6 cm³/mol. The summed E-state index contributed by atoms with van der Waals surface area (Å²) in [6, 6.07) is 15.9. The first kappa shape index (κ1) is 14.2. The zero-order chi connectivity index (χ0) is 14.7. The molecule has 0 aromatic heterocycles. The van der Waals surface area contributed by atoms with Crippen LogP contribution in [0.2, 0.25) is 0 Å². The molecule has 3 heteroatoms. The third-order valence-corrected chi connectivity index (χ3v) is 4.17. The van der Waals surface area contributed by atoms with Crippen molar-refractivity contribution in [3.8, 4) is 0 Å². The van der Waals surface area contributed by atoms with E-state index in [1.165, 1.54) is 11.1 Å². The Hall–Kier alpha value is -1.74. The van der Waals surface area contributed by atoms with Gasteiger partial charge in [0.2, 0.25) is 0 Å². The molecule has 0 amide bonds. The lowest BCUT2D eigenvalue weighted by Gasteiger charge is -2.25. The first-order valence-corrected chi connectivity index (χ1v) is 7.72. The molecule has 1 aliphatic carbocycles. The van der Waals surface area contributed by atoms with Gasteiger partial charge in [-0.2, -0.15) is 0 Å². The molecule has 0 radical (unpaired) electrons. The van der Waals surface area contributed by atoms with Crippen LogP contribution in [0.25, 0.3) is 0 Å². The molecule has 2 nitrogen and oxygen atoms in total. The minimum atomic E-state index is -0.163. The van der Waals surface area contributed by atoms with Gasteiger partial charge in [0.05, 0.1) is 6.42 Å². The SMILES string of the molecule is O=C(Cc1ccc(S)cc1)OC1CCCc2ccccc21. The molecule has 0 saturated heterocycles. The Labute approximate surface area is 130 Å². The van der Waals surface area contributed by atoms with Crippen molar-refractivity contribution in [2.75, 3.05) is 0 Å². The van der Waals surface area contributed by atoms with Gasteiger partial charge < -0.3 is 4.74 Å². The van der Waals surface area contributed by atoms with E-state index in [4.69, 9.17) is 4.74 Å². The van der Waals surface area contributed by atoms with E-state index < -0.39 is 0 Å². The lowest BCUT2D eigenvalue weighted by molar-refractivity contribution is -0.149. The number of esters is 1. The number of carbonyl (C=O) groups is 1. The van der Waals surface area contributed by atoms with E-state index in [1.807, 2.05) is 36.4 Å². The fourth-order valence-electron chi connectivity index (χ4n) is 2.81. The molecule has 0 spiro atoms. The van der Waals surface area contributed by atoms with Gasteiger partial charge in [0.15, 0.2) is 0 Å². The van der Waals surface area contributed by atoms with Crippen molar-refractivity contribution in [2.24, 2.45) is 0 Å². The zero-order valence-corrected chi connectivity index (χ0v) is 12.7. The van der Waals surface area contributed by atoms with Gasteiger partial charge in [-0.15, -0.1) is 12.6 Å². The zero-order valence-electron chi connectivity index (χ0n) is 11.8. The summed E-state index contributed by atoms with van der Waals surface area (Å²) in [5.41, 5.74) is 3.44. The molecule has 2 aromatic rings. The Morgan fingerprint density at radius 2 is 1.90 bits per heavy atom. The minimum Gasteiger partial charge on any atom is -0.457 e. The number of benzene rings is 2. The van der Waals surface area contributed by atoms with Crippen LogP contribution in [-0.4, -0.2) is 5.97 Å². The van der Waals surface area contributed by atoms with E-state index in [9.17, 15) is 4.79 Å². The molecule has 0 fully saturated rings. The van der Waals surface area contributed by atoms with E-state index in [0.29, 0.717) is 6.42 Å². The predicted octanol–water partition coefficient (Wildman–Crippen LogP) is 4.14. The molecule has 2 aromatic carbocycles. The van der Waals surface area contributed by atoms with E-state index in [0.717, 1.165) is 29.7 Å². The smallest absolute Gasteiger partial charge is 0.310 e. The van der Waals surface area contributed by atoms with Gasteiger partial charge in [-0.1, -0.05) is 36.4 Å². The van der Waals surface area contributed by atoms with Crippen LogP contribution in [0.5, 0.6) is 0 Å². The topological polar surface area (TPSA) is 26.3 Å². The highest BCUT2D eigenvalue weighted by atomic mass is 32.1. The van der Waals surface area contributed by atoms with Crippen molar-refractivity contribution >= 4 is 18.6 Å². The van der Waals surface area contributed by atoms with Crippen LogP contribution >= 0.6 is 12.6 Å². The van der Waals surface area contributed by atoms with Gasteiger partial charge in [0.25, 0.3) is 0 Å². The van der Waals surface area contributed by atoms with Crippen molar-refractivity contribution in [3.63, 3.8) is 0 Å². The second-order valence-corrected chi connectivity index (χ2v) is 5.93. The Morgan fingerprint density at radius 3 is 2.71 bits per heavy atom. The number of aryl methyl sites for hydroxylation is 1. The summed E-state index contributed by atoms with van der Waals surface area (Å²) in [7, 11) is 0. The number of ether oxygens (including phenoxy) is 1. The maximum Gasteiger partial charge on any atom is 0.310 e. The van der Waals surface area contributed by atoms with Crippen LogP contribution in [-0.2, 0) is 22.4 Å². The minimum absolute atomic E-state index is 0.0911. The summed E-state index contributed by atoms with van der Waals surface area (Å²) >= 11 is 4.24. The van der Waals surface area contributed by atoms with Gasteiger partial charge in [-0.05, 0) is 48.1 Å². The van der Waals surface area contributed by atoms with Crippen LogP contribution in [0, 0.1) is 0 Å². The highest BCUT2D eigenvalue weighted by Gasteiger charge is 2.23. The molecule has 0 aliphatic heterocycles. The largest absolute Gasteiger partial charge is 0.457 e. The average Bonchev–Trinajstić information content (AvgIpc) is 2.50. The van der Waals surface area contributed by atoms with Crippen LogP contribution in [0.1, 0.15) is 35.6 Å². The lowest BCUT2D eigenvalue weighted by atomic mass is 9.89. The molecule has 21 heavy (non-hydrogen) atoms. The van der Waals surface area contributed by atoms with Gasteiger partial charge >= 0.3 is 5.97 Å². The van der Waals surface area contributed by atoms with Gasteiger partial charge in [0, 0.05) is 4.90 Å². The quantitative estimate of drug-likeness (QED) is 0.681. The number of carbonyl (C=O) groups excluding carboxylic acids is 1. The fraction of sp³-hybridized carbons (Fsp3) is 0.278. The molecular weight excluding hydrogens is 280 g/mol. The molecule has 3 rings (SSSR count). The number of hydrogen-bond acceptors (Lipinski definition) is 3. The Morgan fingerprint density at radius 1 is 1.14 bits per heavy atom. The second-order valence-electron chi connectivity index (χ2n) is 5.41. The molecule has 0 bridgehead atoms. The third kappa shape index (κ3) is 3.48. The Bertz CT molecular complexity index is 634. The molecule has 1 atom stereocenters. The number of hydrogen-bond donors (Lipinski definition) is 1. The van der Waals surface area contributed by atoms with E-state index in [1.54, 1.807) is 0 Å². The molecule has 0 N–H and O–H groups in total.